The lowest BCUT2D eigenvalue weighted by atomic mass is 10.0. The average Bonchev–Trinajstić information content (AvgIpc) is 3.85. The van der Waals surface area contributed by atoms with Crippen molar-refractivity contribution in [3.63, 3.8) is 0 Å². The smallest absolute Gasteiger partial charge is 0.0541 e. The largest absolute Gasteiger partial charge is 0.309 e. The number of para-hydroxylation sites is 2. The topological polar surface area (TPSA) is 9.86 Å². The average molecular weight is 667 g/mol. The second kappa shape index (κ2) is 11.0. The minimum Gasteiger partial charge on any atom is -0.309 e. The lowest BCUT2D eigenvalue weighted by molar-refractivity contribution is 1.18. The van der Waals surface area contributed by atoms with Crippen LogP contribution < -0.4 is 0 Å². The van der Waals surface area contributed by atoms with Gasteiger partial charge in [-0.1, -0.05) is 115 Å². The summed E-state index contributed by atoms with van der Waals surface area (Å²) in [6.07, 6.45) is 0. The van der Waals surface area contributed by atoms with Crippen molar-refractivity contribution in [2.24, 2.45) is 0 Å². The van der Waals surface area contributed by atoms with Gasteiger partial charge in [0.05, 0.1) is 22.1 Å². The molecule has 238 valence electrons. The van der Waals surface area contributed by atoms with E-state index in [9.17, 15) is 0 Å². The number of hydrogen-bond acceptors (Lipinski definition) is 1. The molecule has 11 aromatic rings. The SMILES string of the molecule is c1ccc(-c2ccc(-n3c4ccccc4c4cc(-c5ccc6c(c5)c5ccccc5n6-c5ccc6c(c5)sc5ccccc56)ccc43)cc2)cc1. The summed E-state index contributed by atoms with van der Waals surface area (Å²) in [7, 11) is 0. The molecule has 0 atom stereocenters. The van der Waals surface area contributed by atoms with Crippen molar-refractivity contribution in [1.29, 1.82) is 0 Å². The molecule has 0 saturated heterocycles. The predicted molar refractivity (Wildman–Crippen MR) is 219 cm³/mol. The molecule has 2 nitrogen and oxygen atoms in total. The Hall–Kier alpha value is -6.42. The van der Waals surface area contributed by atoms with Crippen LogP contribution in [0.5, 0.6) is 0 Å². The molecule has 0 aliphatic rings. The molecule has 3 aromatic heterocycles. The van der Waals surface area contributed by atoms with Gasteiger partial charge in [-0.2, -0.15) is 0 Å². The monoisotopic (exact) mass is 666 g/mol. The van der Waals surface area contributed by atoms with E-state index in [0.717, 1.165) is 5.69 Å². The molecule has 0 aliphatic carbocycles. The second-order valence-corrected chi connectivity index (χ2v) is 14.4. The Kier molecular flexibility index (Phi) is 6.16. The number of hydrogen-bond donors (Lipinski definition) is 0. The van der Waals surface area contributed by atoms with Crippen molar-refractivity contribution in [2.45, 2.75) is 0 Å². The standard InChI is InChI=1S/C48H30N2S/c1-2-10-31(11-3-1)32-18-22-35(23-19-32)49-43-15-7-4-12-37(43)41-28-33(20-26-45(41)49)34-21-27-46-42(29-34)38-13-5-8-16-44(38)50(46)36-24-25-40-39-14-6-9-17-47(39)51-48(40)30-36/h1-30H. The molecule has 0 bridgehead atoms. The number of aromatic nitrogens is 2. The second-order valence-electron chi connectivity index (χ2n) is 13.4. The highest BCUT2D eigenvalue weighted by Crippen LogP contribution is 2.40. The van der Waals surface area contributed by atoms with Gasteiger partial charge in [-0.3, -0.25) is 0 Å². The maximum absolute atomic E-state index is 2.43. The van der Waals surface area contributed by atoms with E-state index in [4.69, 9.17) is 0 Å². The summed E-state index contributed by atoms with van der Waals surface area (Å²) in [6, 6.07) is 66.7. The molecule has 0 unspecified atom stereocenters. The van der Waals surface area contributed by atoms with Crippen LogP contribution in [0.2, 0.25) is 0 Å². The van der Waals surface area contributed by atoms with E-state index in [2.05, 4.69) is 191 Å². The van der Waals surface area contributed by atoms with Gasteiger partial charge in [0.1, 0.15) is 0 Å². The van der Waals surface area contributed by atoms with E-state index in [1.807, 2.05) is 11.3 Å². The summed E-state index contributed by atoms with van der Waals surface area (Å²) in [5.74, 6) is 0. The summed E-state index contributed by atoms with van der Waals surface area (Å²) in [4.78, 5) is 0. The Morgan fingerprint density at radius 3 is 1.41 bits per heavy atom. The first-order chi connectivity index (χ1) is 25.3. The van der Waals surface area contributed by atoms with Gasteiger partial charge >= 0.3 is 0 Å². The Balaban J connectivity index is 1.05. The molecule has 11 rings (SSSR count). The summed E-state index contributed by atoms with van der Waals surface area (Å²) in [5, 5.41) is 7.70. The predicted octanol–water partition coefficient (Wildman–Crippen LogP) is 13.6. The molecule has 0 spiro atoms. The maximum atomic E-state index is 2.43. The van der Waals surface area contributed by atoms with Gasteiger partial charge in [0, 0.05) is 53.1 Å². The van der Waals surface area contributed by atoms with Crippen LogP contribution in [0.3, 0.4) is 0 Å². The zero-order chi connectivity index (χ0) is 33.5. The van der Waals surface area contributed by atoms with Crippen molar-refractivity contribution >= 4 is 75.1 Å². The van der Waals surface area contributed by atoms with Gasteiger partial charge in [-0.25, -0.2) is 0 Å². The molecule has 0 aliphatic heterocycles. The molecule has 3 heteroatoms. The number of rotatable bonds is 4. The fourth-order valence-corrected chi connectivity index (χ4v) is 9.29. The summed E-state index contributed by atoms with van der Waals surface area (Å²) in [6.45, 7) is 0. The summed E-state index contributed by atoms with van der Waals surface area (Å²) < 4.78 is 7.47. The van der Waals surface area contributed by atoms with Crippen molar-refractivity contribution in [2.75, 3.05) is 0 Å². The van der Waals surface area contributed by atoms with Gasteiger partial charge in [-0.05, 0) is 89.0 Å². The van der Waals surface area contributed by atoms with E-state index < -0.39 is 0 Å². The van der Waals surface area contributed by atoms with E-state index in [1.54, 1.807) is 0 Å². The van der Waals surface area contributed by atoms with Crippen LogP contribution in [0.1, 0.15) is 0 Å². The van der Waals surface area contributed by atoms with Gasteiger partial charge < -0.3 is 9.13 Å². The first-order valence-corrected chi connectivity index (χ1v) is 18.2. The minimum atomic E-state index is 1.16. The normalized spacial score (nSPS) is 11.9. The zero-order valence-electron chi connectivity index (χ0n) is 27.6. The number of fused-ring (bicyclic) bond motifs is 9. The molecule has 3 heterocycles. The lowest BCUT2D eigenvalue weighted by Gasteiger charge is -2.10. The Bertz CT molecular complexity index is 3120. The van der Waals surface area contributed by atoms with E-state index >= 15 is 0 Å². The van der Waals surface area contributed by atoms with Gasteiger partial charge in [0.2, 0.25) is 0 Å². The van der Waals surface area contributed by atoms with Crippen LogP contribution in [-0.4, -0.2) is 9.13 Å². The van der Waals surface area contributed by atoms with Crippen LogP contribution >= 0.6 is 11.3 Å². The summed E-state index contributed by atoms with van der Waals surface area (Å²) >= 11 is 1.87. The molecule has 0 fully saturated rings. The Labute approximate surface area is 298 Å². The van der Waals surface area contributed by atoms with Crippen LogP contribution in [0.15, 0.2) is 182 Å². The molecule has 0 N–H and O–H groups in total. The first kappa shape index (κ1) is 28.4. The number of thiophene rings is 1. The highest BCUT2D eigenvalue weighted by atomic mass is 32.1. The van der Waals surface area contributed by atoms with Crippen molar-refractivity contribution in [1.82, 2.24) is 9.13 Å². The maximum Gasteiger partial charge on any atom is 0.0541 e. The fraction of sp³-hybridized carbons (Fsp3) is 0. The third-order valence-electron chi connectivity index (χ3n) is 10.5. The Morgan fingerprint density at radius 1 is 0.275 bits per heavy atom. The first-order valence-electron chi connectivity index (χ1n) is 17.4. The molecular formula is C48H30N2S. The van der Waals surface area contributed by atoms with Gasteiger partial charge in [0.25, 0.3) is 0 Å². The van der Waals surface area contributed by atoms with Crippen LogP contribution in [0.25, 0.3) is 97.4 Å². The minimum absolute atomic E-state index is 1.16. The lowest BCUT2D eigenvalue weighted by Crippen LogP contribution is -1.94. The van der Waals surface area contributed by atoms with E-state index in [-0.39, 0.29) is 0 Å². The van der Waals surface area contributed by atoms with Crippen molar-refractivity contribution in [3.05, 3.63) is 182 Å². The quantitative estimate of drug-likeness (QED) is 0.177. The van der Waals surface area contributed by atoms with Crippen LogP contribution in [0.4, 0.5) is 0 Å². The molecular weight excluding hydrogens is 637 g/mol. The van der Waals surface area contributed by atoms with Gasteiger partial charge in [0.15, 0.2) is 0 Å². The highest BCUT2D eigenvalue weighted by Gasteiger charge is 2.17. The Morgan fingerprint density at radius 2 is 0.745 bits per heavy atom. The van der Waals surface area contributed by atoms with Crippen LogP contribution in [0, 0.1) is 0 Å². The van der Waals surface area contributed by atoms with E-state index in [0.29, 0.717) is 0 Å². The molecule has 0 amide bonds. The summed E-state index contributed by atoms with van der Waals surface area (Å²) in [5.41, 5.74) is 12.1. The van der Waals surface area contributed by atoms with E-state index in [1.165, 1.54) is 91.7 Å². The van der Waals surface area contributed by atoms with Crippen LogP contribution in [-0.2, 0) is 0 Å². The number of nitrogens with zero attached hydrogens (tertiary/aromatic N) is 2. The number of benzene rings is 8. The van der Waals surface area contributed by atoms with Gasteiger partial charge in [-0.15, -0.1) is 11.3 Å². The molecule has 0 saturated carbocycles. The third-order valence-corrected chi connectivity index (χ3v) is 11.7. The zero-order valence-corrected chi connectivity index (χ0v) is 28.4. The molecule has 8 aromatic carbocycles. The van der Waals surface area contributed by atoms with Crippen molar-refractivity contribution < 1.29 is 0 Å². The third kappa shape index (κ3) is 4.35. The fourth-order valence-electron chi connectivity index (χ4n) is 8.15. The highest BCUT2D eigenvalue weighted by molar-refractivity contribution is 7.25. The van der Waals surface area contributed by atoms with Crippen molar-refractivity contribution in [3.8, 4) is 33.6 Å². The molecule has 0 radical (unpaired) electrons. The molecule has 51 heavy (non-hydrogen) atoms.